The van der Waals surface area contributed by atoms with Crippen molar-refractivity contribution in [2.45, 2.75) is 335 Å². The maximum Gasteiger partial charge on any atom is 0.306 e. The number of allylic oxidation sites excluding steroid dienone is 20. The van der Waals surface area contributed by atoms with Crippen molar-refractivity contribution >= 4 is 17.9 Å². The van der Waals surface area contributed by atoms with Crippen LogP contribution in [0.1, 0.15) is 329 Å². The Balaban J connectivity index is 4.37. The van der Waals surface area contributed by atoms with E-state index in [0.29, 0.717) is 19.3 Å². The van der Waals surface area contributed by atoms with Crippen molar-refractivity contribution in [2.24, 2.45) is 0 Å². The fraction of sp³-hybridized carbons (Fsp3) is 0.701. The zero-order valence-electron chi connectivity index (χ0n) is 54.4. The quantitative estimate of drug-likeness (QED) is 0.0261. The lowest BCUT2D eigenvalue weighted by Crippen LogP contribution is -2.30. The molecule has 0 rings (SSSR count). The predicted octanol–water partition coefficient (Wildman–Crippen LogP) is 24.3. The molecule has 1 atom stereocenters. The number of ether oxygens (including phenoxy) is 3. The third-order valence-corrected chi connectivity index (χ3v) is 14.9. The molecule has 474 valence electrons. The van der Waals surface area contributed by atoms with Crippen molar-refractivity contribution in [3.63, 3.8) is 0 Å². The molecule has 0 saturated heterocycles. The lowest BCUT2D eigenvalue weighted by molar-refractivity contribution is -0.167. The van der Waals surface area contributed by atoms with Crippen LogP contribution in [0.4, 0.5) is 0 Å². The minimum atomic E-state index is -0.791. The predicted molar refractivity (Wildman–Crippen MR) is 362 cm³/mol. The first-order chi connectivity index (χ1) is 41.0. The molecule has 0 amide bonds. The van der Waals surface area contributed by atoms with Crippen LogP contribution in [0, 0.1) is 0 Å². The number of hydrogen-bond acceptors (Lipinski definition) is 6. The van der Waals surface area contributed by atoms with Gasteiger partial charge in [0.2, 0.25) is 0 Å². The van der Waals surface area contributed by atoms with Crippen LogP contribution < -0.4 is 0 Å². The summed E-state index contributed by atoms with van der Waals surface area (Å²) in [5, 5.41) is 0. The van der Waals surface area contributed by atoms with Gasteiger partial charge in [0.05, 0.1) is 0 Å². The highest BCUT2D eigenvalue weighted by Crippen LogP contribution is 2.17. The lowest BCUT2D eigenvalue weighted by atomic mass is 10.0. The van der Waals surface area contributed by atoms with E-state index in [0.717, 1.165) is 122 Å². The van der Waals surface area contributed by atoms with E-state index in [-0.39, 0.29) is 31.1 Å². The van der Waals surface area contributed by atoms with E-state index >= 15 is 0 Å². The smallest absolute Gasteiger partial charge is 0.306 e. The number of carbonyl (C=O) groups is 3. The summed E-state index contributed by atoms with van der Waals surface area (Å²) in [6, 6.07) is 0. The van der Waals surface area contributed by atoms with Gasteiger partial charge in [0.25, 0.3) is 0 Å². The molecule has 1 unspecified atom stereocenters. The molecule has 6 heteroatoms. The van der Waals surface area contributed by atoms with Crippen molar-refractivity contribution in [3.05, 3.63) is 122 Å². The molecule has 0 aliphatic heterocycles. The van der Waals surface area contributed by atoms with Crippen LogP contribution in [-0.2, 0) is 28.6 Å². The number of carbonyl (C=O) groups excluding carboxylic acids is 3. The Bertz CT molecular complexity index is 1700. The summed E-state index contributed by atoms with van der Waals surface area (Å²) < 4.78 is 17.0. The standard InChI is InChI=1S/C77H130O6/c1-4-7-10-13-16-19-22-25-28-31-33-35-36-37-38-39-40-42-43-46-49-52-55-58-61-64-67-70-76(79)82-73-74(72-81-75(78)69-66-63-60-57-54-51-48-45-30-27-24-21-18-15-12-9-6-3)83-77(80)71-68-65-62-59-56-53-50-47-44-41-34-32-29-26-23-20-17-14-11-8-5-2/h7,9-10,12,16,18-19,21,23,25-28,30,32-35,37-38,74H,4-6,8,11,13-15,17,20,22,24,29,31,36,39-73H2,1-3H3/b10-7-,12-9-,19-16-,21-18-,26-23-,28-25-,30-27-,34-32-,35-33-,38-37-. The molecule has 0 N–H and O–H groups in total. The first kappa shape index (κ1) is 78.8. The number of esters is 3. The van der Waals surface area contributed by atoms with Crippen LogP contribution in [0.5, 0.6) is 0 Å². The molecule has 6 nitrogen and oxygen atoms in total. The van der Waals surface area contributed by atoms with Gasteiger partial charge < -0.3 is 14.2 Å². The molecule has 0 radical (unpaired) electrons. The average molecular weight is 1150 g/mol. The van der Waals surface area contributed by atoms with Gasteiger partial charge in [-0.05, 0) is 128 Å². The normalized spacial score (nSPS) is 12.9. The molecule has 0 bridgehead atoms. The Morgan fingerprint density at radius 3 is 0.735 bits per heavy atom. The third kappa shape index (κ3) is 68.5. The van der Waals surface area contributed by atoms with Crippen molar-refractivity contribution in [2.75, 3.05) is 13.2 Å². The Hall–Kier alpha value is -4.19. The van der Waals surface area contributed by atoms with E-state index in [9.17, 15) is 14.4 Å². The summed E-state index contributed by atoms with van der Waals surface area (Å²) >= 11 is 0. The van der Waals surface area contributed by atoms with E-state index in [2.05, 4.69) is 142 Å². The SMILES string of the molecule is CC/C=C\C/C=C\C/C=C\C/C=C\C/C=C\CCCCCCCCCCCCCC(=O)OCC(COC(=O)CCCCCCCCC/C=C\C/C=C\C/C=C\CC)OC(=O)CCCCCCCCCCC/C=C\C/C=C\CCCCCCC. The molecule has 0 aromatic heterocycles. The summed E-state index contributed by atoms with van der Waals surface area (Å²) in [5.74, 6) is -0.891. The van der Waals surface area contributed by atoms with Crippen LogP contribution in [-0.4, -0.2) is 37.2 Å². The molecule has 83 heavy (non-hydrogen) atoms. The van der Waals surface area contributed by atoms with Crippen molar-refractivity contribution in [3.8, 4) is 0 Å². The highest BCUT2D eigenvalue weighted by atomic mass is 16.6. The fourth-order valence-electron chi connectivity index (χ4n) is 9.75. The van der Waals surface area contributed by atoms with Crippen molar-refractivity contribution < 1.29 is 28.6 Å². The van der Waals surface area contributed by atoms with Gasteiger partial charge in [0.1, 0.15) is 13.2 Å². The Morgan fingerprint density at radius 2 is 0.470 bits per heavy atom. The van der Waals surface area contributed by atoms with Crippen LogP contribution in [0.3, 0.4) is 0 Å². The molecular weight excluding hydrogens is 1020 g/mol. The summed E-state index contributed by atoms with van der Waals surface area (Å²) in [7, 11) is 0. The van der Waals surface area contributed by atoms with Crippen LogP contribution in [0.25, 0.3) is 0 Å². The van der Waals surface area contributed by atoms with E-state index in [1.807, 2.05) is 0 Å². The summed E-state index contributed by atoms with van der Waals surface area (Å²) in [5.41, 5.74) is 0. The van der Waals surface area contributed by atoms with E-state index in [4.69, 9.17) is 14.2 Å². The molecule has 0 saturated carbocycles. The summed E-state index contributed by atoms with van der Waals surface area (Å²) in [6.45, 7) is 6.42. The lowest BCUT2D eigenvalue weighted by Gasteiger charge is -2.18. The molecule has 0 aromatic rings. The van der Waals surface area contributed by atoms with Gasteiger partial charge in [-0.25, -0.2) is 0 Å². The Kier molecular flexibility index (Phi) is 66.7. The number of rotatable bonds is 63. The summed E-state index contributed by atoms with van der Waals surface area (Å²) in [6.07, 6.45) is 97.8. The zero-order chi connectivity index (χ0) is 59.9. The van der Waals surface area contributed by atoms with Gasteiger partial charge in [0.15, 0.2) is 6.10 Å². The minimum absolute atomic E-state index is 0.0854. The van der Waals surface area contributed by atoms with Gasteiger partial charge >= 0.3 is 17.9 Å². The van der Waals surface area contributed by atoms with Crippen LogP contribution in [0.15, 0.2) is 122 Å². The first-order valence-electron chi connectivity index (χ1n) is 35.0. The molecular formula is C77H130O6. The van der Waals surface area contributed by atoms with Gasteiger partial charge in [-0.1, -0.05) is 303 Å². The van der Waals surface area contributed by atoms with Crippen molar-refractivity contribution in [1.29, 1.82) is 0 Å². The second kappa shape index (κ2) is 70.3. The fourth-order valence-corrected chi connectivity index (χ4v) is 9.75. The first-order valence-corrected chi connectivity index (χ1v) is 35.0. The second-order valence-corrected chi connectivity index (χ2v) is 23.0. The third-order valence-electron chi connectivity index (χ3n) is 14.9. The zero-order valence-corrected chi connectivity index (χ0v) is 54.4. The molecule has 0 heterocycles. The second-order valence-electron chi connectivity index (χ2n) is 23.0. The summed E-state index contributed by atoms with van der Waals surface area (Å²) in [4.78, 5) is 38.5. The highest BCUT2D eigenvalue weighted by molar-refractivity contribution is 5.71. The average Bonchev–Trinajstić information content (AvgIpc) is 3.49. The van der Waals surface area contributed by atoms with Crippen LogP contribution >= 0.6 is 0 Å². The molecule has 0 aromatic carbocycles. The minimum Gasteiger partial charge on any atom is -0.462 e. The highest BCUT2D eigenvalue weighted by Gasteiger charge is 2.19. The molecule has 0 aliphatic rings. The van der Waals surface area contributed by atoms with Gasteiger partial charge in [-0.3, -0.25) is 14.4 Å². The Labute approximate surface area is 513 Å². The topological polar surface area (TPSA) is 78.9 Å². The van der Waals surface area contributed by atoms with E-state index in [1.165, 1.54) is 167 Å². The van der Waals surface area contributed by atoms with E-state index < -0.39 is 6.10 Å². The van der Waals surface area contributed by atoms with Gasteiger partial charge in [0, 0.05) is 19.3 Å². The maximum atomic E-state index is 13.0. The van der Waals surface area contributed by atoms with Gasteiger partial charge in [-0.15, -0.1) is 0 Å². The monoisotopic (exact) mass is 1150 g/mol. The molecule has 0 spiro atoms. The Morgan fingerprint density at radius 1 is 0.253 bits per heavy atom. The van der Waals surface area contributed by atoms with Crippen LogP contribution in [0.2, 0.25) is 0 Å². The maximum absolute atomic E-state index is 13.0. The largest absolute Gasteiger partial charge is 0.462 e. The van der Waals surface area contributed by atoms with Crippen molar-refractivity contribution in [1.82, 2.24) is 0 Å². The van der Waals surface area contributed by atoms with Gasteiger partial charge in [-0.2, -0.15) is 0 Å². The number of unbranched alkanes of at least 4 members (excludes halogenated alkanes) is 32. The molecule has 0 aliphatic carbocycles. The number of hydrogen-bond donors (Lipinski definition) is 0. The van der Waals surface area contributed by atoms with E-state index in [1.54, 1.807) is 0 Å². The molecule has 0 fully saturated rings.